The third-order valence-electron chi connectivity index (χ3n) is 3.07. The van der Waals surface area contributed by atoms with Crippen molar-refractivity contribution in [1.82, 2.24) is 9.88 Å². The maximum Gasteiger partial charge on any atom is 0.180 e. The minimum atomic E-state index is -2.96. The van der Waals surface area contributed by atoms with Gasteiger partial charge in [0, 0.05) is 30.7 Å². The van der Waals surface area contributed by atoms with Gasteiger partial charge in [-0.3, -0.25) is 4.90 Å². The lowest BCUT2D eigenvalue weighted by molar-refractivity contribution is 0.243. The number of sulfone groups is 1. The Hall–Kier alpha value is -0.660. The van der Waals surface area contributed by atoms with Gasteiger partial charge in [-0.05, 0) is 13.8 Å². The Balaban J connectivity index is 2.06. The number of nitrogens with zero attached hydrogens (tertiary/aromatic N) is 2. The second-order valence-corrected chi connectivity index (χ2v) is 8.84. The first-order chi connectivity index (χ1) is 7.80. The van der Waals surface area contributed by atoms with Gasteiger partial charge in [-0.1, -0.05) is 0 Å². The lowest BCUT2D eigenvalue weighted by Gasteiger charge is -2.37. The molecule has 1 aliphatic heterocycles. The highest BCUT2D eigenvalue weighted by Crippen LogP contribution is 2.26. The normalized spacial score (nSPS) is 23.6. The Kier molecular flexibility index (Phi) is 3.17. The standard InChI is InChI=1S/C10H17N3O2S2/c1-10(2)7-13(3-4-17(10,14)15)6-8-5-12-9(11)16-8/h5H,3-4,6-7H2,1-2H3,(H2,11,12). The summed E-state index contributed by atoms with van der Waals surface area (Å²) in [5, 5.41) is 0.559. The van der Waals surface area contributed by atoms with Crippen molar-refractivity contribution in [2.45, 2.75) is 25.1 Å². The van der Waals surface area contributed by atoms with Crippen molar-refractivity contribution >= 4 is 26.3 Å². The quantitative estimate of drug-likeness (QED) is 0.861. The van der Waals surface area contributed by atoms with Gasteiger partial charge in [0.15, 0.2) is 15.0 Å². The van der Waals surface area contributed by atoms with E-state index in [1.54, 1.807) is 20.0 Å². The number of nitrogen functional groups attached to an aromatic ring is 1. The highest BCUT2D eigenvalue weighted by molar-refractivity contribution is 7.92. The molecule has 1 aromatic rings. The third-order valence-corrected chi connectivity index (χ3v) is 6.42. The SMILES string of the molecule is CC1(C)CN(Cc2cnc(N)s2)CCS1(=O)=O. The summed E-state index contributed by atoms with van der Waals surface area (Å²) in [5.74, 6) is 0.230. The zero-order valence-corrected chi connectivity index (χ0v) is 11.6. The van der Waals surface area contributed by atoms with E-state index in [-0.39, 0.29) is 5.75 Å². The molecule has 0 aromatic carbocycles. The molecule has 96 valence electrons. The Morgan fingerprint density at radius 1 is 1.59 bits per heavy atom. The molecule has 2 N–H and O–H groups in total. The number of nitrogens with two attached hydrogens (primary N) is 1. The average molecular weight is 275 g/mol. The van der Waals surface area contributed by atoms with E-state index in [0.717, 1.165) is 11.4 Å². The van der Waals surface area contributed by atoms with Crippen LogP contribution in [0.3, 0.4) is 0 Å². The number of hydrogen-bond donors (Lipinski definition) is 1. The van der Waals surface area contributed by atoms with Crippen LogP contribution in [0, 0.1) is 0 Å². The molecular formula is C10H17N3O2S2. The molecule has 0 bridgehead atoms. The van der Waals surface area contributed by atoms with Crippen LogP contribution >= 0.6 is 11.3 Å². The smallest absolute Gasteiger partial charge is 0.180 e. The molecule has 1 aliphatic rings. The zero-order chi connectivity index (χ0) is 12.7. The lowest BCUT2D eigenvalue weighted by atomic mass is 10.2. The van der Waals surface area contributed by atoms with Crippen LogP contribution in [0.1, 0.15) is 18.7 Å². The van der Waals surface area contributed by atoms with E-state index in [1.165, 1.54) is 11.3 Å². The Labute approximate surface area is 106 Å². The van der Waals surface area contributed by atoms with Crippen molar-refractivity contribution in [3.05, 3.63) is 11.1 Å². The number of aromatic nitrogens is 1. The van der Waals surface area contributed by atoms with E-state index < -0.39 is 14.6 Å². The minimum Gasteiger partial charge on any atom is -0.375 e. The summed E-state index contributed by atoms with van der Waals surface area (Å²) in [6, 6.07) is 0. The topological polar surface area (TPSA) is 76.3 Å². The second-order valence-electron chi connectivity index (χ2n) is 4.95. The zero-order valence-electron chi connectivity index (χ0n) is 10.0. The van der Waals surface area contributed by atoms with E-state index in [0.29, 0.717) is 18.2 Å². The van der Waals surface area contributed by atoms with E-state index >= 15 is 0 Å². The second kappa shape index (κ2) is 4.22. The van der Waals surface area contributed by atoms with E-state index in [9.17, 15) is 8.42 Å². The summed E-state index contributed by atoms with van der Waals surface area (Å²) in [5.41, 5.74) is 5.57. The van der Waals surface area contributed by atoms with Crippen molar-refractivity contribution < 1.29 is 8.42 Å². The Morgan fingerprint density at radius 3 is 2.82 bits per heavy atom. The molecule has 0 amide bonds. The molecule has 0 saturated carbocycles. The van der Waals surface area contributed by atoms with E-state index in [1.807, 2.05) is 0 Å². The third kappa shape index (κ3) is 2.61. The predicted octanol–water partition coefficient (Wildman–Crippen LogP) is 0.734. The fourth-order valence-corrected chi connectivity index (χ4v) is 4.15. The molecule has 0 spiro atoms. The van der Waals surface area contributed by atoms with Gasteiger partial charge in [0.1, 0.15) is 0 Å². The molecule has 1 aromatic heterocycles. The van der Waals surface area contributed by atoms with E-state index in [2.05, 4.69) is 9.88 Å². The van der Waals surface area contributed by atoms with Crippen molar-refractivity contribution in [2.75, 3.05) is 24.6 Å². The van der Waals surface area contributed by atoms with Gasteiger partial charge < -0.3 is 5.73 Å². The molecule has 1 fully saturated rings. The van der Waals surface area contributed by atoms with Gasteiger partial charge in [0.2, 0.25) is 0 Å². The first-order valence-electron chi connectivity index (χ1n) is 5.45. The molecule has 2 heterocycles. The van der Waals surface area contributed by atoms with E-state index in [4.69, 9.17) is 5.73 Å². The average Bonchev–Trinajstić information content (AvgIpc) is 2.58. The van der Waals surface area contributed by atoms with Crippen molar-refractivity contribution in [2.24, 2.45) is 0 Å². The van der Waals surface area contributed by atoms with Gasteiger partial charge >= 0.3 is 0 Å². The van der Waals surface area contributed by atoms with Crippen LogP contribution < -0.4 is 5.73 Å². The molecule has 0 radical (unpaired) electrons. The van der Waals surface area contributed by atoms with Crippen LogP contribution in [0.5, 0.6) is 0 Å². The molecule has 7 heteroatoms. The van der Waals surface area contributed by atoms with Crippen LogP contribution in [0.2, 0.25) is 0 Å². The summed E-state index contributed by atoms with van der Waals surface area (Å²) in [7, 11) is -2.96. The van der Waals surface area contributed by atoms with Crippen molar-refractivity contribution in [1.29, 1.82) is 0 Å². The Bertz CT molecular complexity index is 507. The molecular weight excluding hydrogens is 258 g/mol. The number of anilines is 1. The molecule has 5 nitrogen and oxygen atoms in total. The summed E-state index contributed by atoms with van der Waals surface area (Å²) >= 11 is 1.46. The molecule has 0 atom stereocenters. The van der Waals surface area contributed by atoms with Gasteiger partial charge in [-0.25, -0.2) is 13.4 Å². The Morgan fingerprint density at radius 2 is 2.29 bits per heavy atom. The van der Waals surface area contributed by atoms with Gasteiger partial charge in [0.05, 0.1) is 10.5 Å². The fraction of sp³-hybridized carbons (Fsp3) is 0.700. The number of rotatable bonds is 2. The molecule has 0 unspecified atom stereocenters. The maximum absolute atomic E-state index is 11.8. The summed E-state index contributed by atoms with van der Waals surface area (Å²) < 4.78 is 23.0. The molecule has 2 rings (SSSR count). The van der Waals surface area contributed by atoms with Crippen LogP contribution in [-0.2, 0) is 16.4 Å². The van der Waals surface area contributed by atoms with Crippen LogP contribution in [0.15, 0.2) is 6.20 Å². The molecule has 1 saturated heterocycles. The van der Waals surface area contributed by atoms with Gasteiger partial charge in [-0.2, -0.15) is 0 Å². The number of hydrogen-bond acceptors (Lipinski definition) is 6. The van der Waals surface area contributed by atoms with Crippen LogP contribution in [0.4, 0.5) is 5.13 Å². The summed E-state index contributed by atoms with van der Waals surface area (Å²) in [6.45, 7) is 5.45. The maximum atomic E-state index is 11.8. The molecule has 0 aliphatic carbocycles. The predicted molar refractivity (Wildman–Crippen MR) is 69.7 cm³/mol. The lowest BCUT2D eigenvalue weighted by Crippen LogP contribution is -2.52. The first kappa shape index (κ1) is 12.8. The highest BCUT2D eigenvalue weighted by Gasteiger charge is 2.39. The van der Waals surface area contributed by atoms with Crippen LogP contribution in [-0.4, -0.2) is 41.9 Å². The summed E-state index contributed by atoms with van der Waals surface area (Å²) in [6.07, 6.45) is 1.76. The monoisotopic (exact) mass is 275 g/mol. The highest BCUT2D eigenvalue weighted by atomic mass is 32.2. The summed E-state index contributed by atoms with van der Waals surface area (Å²) in [4.78, 5) is 7.23. The first-order valence-corrected chi connectivity index (χ1v) is 7.92. The van der Waals surface area contributed by atoms with Gasteiger partial charge in [-0.15, -0.1) is 11.3 Å². The van der Waals surface area contributed by atoms with Gasteiger partial charge in [0.25, 0.3) is 0 Å². The molecule has 17 heavy (non-hydrogen) atoms. The number of thiazole rings is 1. The minimum absolute atomic E-state index is 0.230. The van der Waals surface area contributed by atoms with Crippen molar-refractivity contribution in [3.8, 4) is 0 Å². The largest absolute Gasteiger partial charge is 0.375 e. The van der Waals surface area contributed by atoms with Crippen molar-refractivity contribution in [3.63, 3.8) is 0 Å². The van der Waals surface area contributed by atoms with Crippen LogP contribution in [0.25, 0.3) is 0 Å². The fourth-order valence-electron chi connectivity index (χ4n) is 1.99.